The lowest BCUT2D eigenvalue weighted by molar-refractivity contribution is 0.0572. The quantitative estimate of drug-likeness (QED) is 0.748. The molecule has 0 spiro atoms. The van der Waals surface area contributed by atoms with Crippen LogP contribution in [0.3, 0.4) is 0 Å². The van der Waals surface area contributed by atoms with E-state index in [-0.39, 0.29) is 11.9 Å². The number of β-amino-alcohol motifs (C(OH)–C–C–N with tert-alkyl or cyclic N) is 2. The van der Waals surface area contributed by atoms with Crippen LogP contribution in [0.1, 0.15) is 23.6 Å². The molecule has 0 radical (unpaired) electrons. The van der Waals surface area contributed by atoms with E-state index in [9.17, 15) is 14.6 Å². The highest BCUT2D eigenvalue weighted by Crippen LogP contribution is 2.21. The van der Waals surface area contributed by atoms with Crippen LogP contribution >= 0.6 is 0 Å². The number of aliphatic hydroxyl groups excluding tert-OH is 2. The lowest BCUT2D eigenvalue weighted by atomic mass is 10.0. The fraction of sp³-hybridized carbons (Fsp3) is 0.600. The van der Waals surface area contributed by atoms with Crippen molar-refractivity contribution >= 4 is 0 Å². The van der Waals surface area contributed by atoms with Crippen molar-refractivity contribution in [1.29, 1.82) is 0 Å². The molecule has 112 valence electrons. The van der Waals surface area contributed by atoms with E-state index in [1.54, 1.807) is 19.1 Å². The fourth-order valence-electron chi connectivity index (χ4n) is 2.64. The number of halogens is 1. The molecule has 1 fully saturated rings. The zero-order chi connectivity index (χ0) is 14.7. The molecule has 0 aromatic heterocycles. The standard InChI is InChI=1S/C15H23FN2O2/c1-10-3-4-11(7-12(10)16)13(17-2)5-6-18-8-14(19)15(20)9-18/h3-4,7,13-15,17,19-20H,5-6,8-9H2,1-2H3. The Kier molecular flexibility index (Phi) is 5.10. The highest BCUT2D eigenvalue weighted by molar-refractivity contribution is 5.25. The van der Waals surface area contributed by atoms with Crippen molar-refractivity contribution in [3.8, 4) is 0 Å². The third kappa shape index (κ3) is 3.55. The van der Waals surface area contributed by atoms with E-state index in [2.05, 4.69) is 5.32 Å². The molecule has 0 saturated carbocycles. The van der Waals surface area contributed by atoms with Gasteiger partial charge in [0.15, 0.2) is 0 Å². The third-order valence-electron chi connectivity index (χ3n) is 4.02. The van der Waals surface area contributed by atoms with Gasteiger partial charge < -0.3 is 15.5 Å². The molecule has 0 amide bonds. The Bertz CT molecular complexity index is 445. The molecule has 1 saturated heterocycles. The van der Waals surface area contributed by atoms with E-state index >= 15 is 0 Å². The highest BCUT2D eigenvalue weighted by Gasteiger charge is 2.29. The largest absolute Gasteiger partial charge is 0.389 e. The van der Waals surface area contributed by atoms with E-state index in [0.717, 1.165) is 18.5 Å². The zero-order valence-corrected chi connectivity index (χ0v) is 12.0. The molecule has 2 rings (SSSR count). The summed E-state index contributed by atoms with van der Waals surface area (Å²) in [4.78, 5) is 2.03. The lowest BCUT2D eigenvalue weighted by Gasteiger charge is -2.21. The van der Waals surface area contributed by atoms with Crippen molar-refractivity contribution in [3.05, 3.63) is 35.1 Å². The summed E-state index contributed by atoms with van der Waals surface area (Å²) in [6.07, 6.45) is -0.502. The maximum absolute atomic E-state index is 13.6. The molecule has 1 aliphatic rings. The van der Waals surface area contributed by atoms with Gasteiger partial charge in [-0.3, -0.25) is 4.90 Å². The Balaban J connectivity index is 1.94. The maximum Gasteiger partial charge on any atom is 0.126 e. The number of nitrogens with one attached hydrogen (secondary N) is 1. The van der Waals surface area contributed by atoms with Crippen LogP contribution in [0.2, 0.25) is 0 Å². The van der Waals surface area contributed by atoms with Crippen LogP contribution in [0.5, 0.6) is 0 Å². The molecule has 0 aliphatic carbocycles. The number of nitrogens with zero attached hydrogens (tertiary/aromatic N) is 1. The topological polar surface area (TPSA) is 55.7 Å². The number of hydrogen-bond donors (Lipinski definition) is 3. The fourth-order valence-corrected chi connectivity index (χ4v) is 2.64. The summed E-state index contributed by atoms with van der Waals surface area (Å²) in [5, 5.41) is 22.2. The first-order valence-corrected chi connectivity index (χ1v) is 7.03. The molecule has 1 aromatic carbocycles. The normalized spacial score (nSPS) is 25.1. The number of rotatable bonds is 5. The van der Waals surface area contributed by atoms with Crippen LogP contribution in [0, 0.1) is 12.7 Å². The Hall–Kier alpha value is -1.01. The minimum Gasteiger partial charge on any atom is -0.389 e. The van der Waals surface area contributed by atoms with Crippen LogP contribution in [0.4, 0.5) is 4.39 Å². The average molecular weight is 282 g/mol. The van der Waals surface area contributed by atoms with Crippen LogP contribution in [0.25, 0.3) is 0 Å². The average Bonchev–Trinajstić information content (AvgIpc) is 2.73. The van der Waals surface area contributed by atoms with Crippen molar-refractivity contribution in [2.75, 3.05) is 26.7 Å². The Morgan fingerprint density at radius 1 is 1.35 bits per heavy atom. The Morgan fingerprint density at radius 2 is 2.00 bits per heavy atom. The molecule has 5 heteroatoms. The first kappa shape index (κ1) is 15.4. The summed E-state index contributed by atoms with van der Waals surface area (Å²) in [7, 11) is 1.86. The van der Waals surface area contributed by atoms with Gasteiger partial charge in [-0.1, -0.05) is 12.1 Å². The van der Waals surface area contributed by atoms with E-state index in [1.165, 1.54) is 0 Å². The van der Waals surface area contributed by atoms with Gasteiger partial charge in [0, 0.05) is 25.7 Å². The summed E-state index contributed by atoms with van der Waals surface area (Å²) in [5.74, 6) is -0.185. The number of benzene rings is 1. The van der Waals surface area contributed by atoms with Crippen molar-refractivity contribution in [3.63, 3.8) is 0 Å². The Morgan fingerprint density at radius 3 is 2.55 bits per heavy atom. The molecule has 20 heavy (non-hydrogen) atoms. The molecule has 3 atom stereocenters. The predicted octanol–water partition coefficient (Wildman–Crippen LogP) is 0.822. The maximum atomic E-state index is 13.6. The van der Waals surface area contributed by atoms with Gasteiger partial charge >= 0.3 is 0 Å². The van der Waals surface area contributed by atoms with E-state index in [4.69, 9.17) is 0 Å². The minimum absolute atomic E-state index is 0.0694. The summed E-state index contributed by atoms with van der Waals surface area (Å²) in [6.45, 7) is 3.51. The van der Waals surface area contributed by atoms with E-state index in [0.29, 0.717) is 18.7 Å². The minimum atomic E-state index is -0.653. The van der Waals surface area contributed by atoms with Gasteiger partial charge in [0.1, 0.15) is 5.82 Å². The second kappa shape index (κ2) is 6.63. The first-order chi connectivity index (χ1) is 9.51. The number of aliphatic hydroxyl groups is 2. The van der Waals surface area contributed by atoms with Crippen molar-refractivity contribution in [2.24, 2.45) is 0 Å². The number of likely N-dealkylation sites (tertiary alicyclic amines) is 1. The third-order valence-corrected chi connectivity index (χ3v) is 4.02. The highest BCUT2D eigenvalue weighted by atomic mass is 19.1. The monoisotopic (exact) mass is 282 g/mol. The van der Waals surface area contributed by atoms with Gasteiger partial charge in [-0.15, -0.1) is 0 Å². The van der Waals surface area contributed by atoms with Crippen molar-refractivity contribution < 1.29 is 14.6 Å². The van der Waals surface area contributed by atoms with Gasteiger partial charge in [-0.05, 0) is 37.6 Å². The number of hydrogen-bond acceptors (Lipinski definition) is 4. The van der Waals surface area contributed by atoms with E-state index < -0.39 is 12.2 Å². The molecular formula is C15H23FN2O2. The summed E-state index contributed by atoms with van der Waals surface area (Å²) in [5.41, 5.74) is 1.57. The molecule has 1 aromatic rings. The van der Waals surface area contributed by atoms with Gasteiger partial charge in [0.05, 0.1) is 12.2 Å². The summed E-state index contributed by atoms with van der Waals surface area (Å²) in [6, 6.07) is 5.37. The number of aryl methyl sites for hydroxylation is 1. The zero-order valence-electron chi connectivity index (χ0n) is 12.0. The predicted molar refractivity (Wildman–Crippen MR) is 76.0 cm³/mol. The molecule has 3 unspecified atom stereocenters. The van der Waals surface area contributed by atoms with Gasteiger partial charge in [-0.25, -0.2) is 4.39 Å². The molecule has 1 heterocycles. The van der Waals surface area contributed by atoms with Crippen molar-refractivity contribution in [1.82, 2.24) is 10.2 Å². The van der Waals surface area contributed by atoms with Gasteiger partial charge in [0.2, 0.25) is 0 Å². The molecule has 4 nitrogen and oxygen atoms in total. The van der Waals surface area contributed by atoms with Gasteiger partial charge in [0.25, 0.3) is 0 Å². The van der Waals surface area contributed by atoms with E-state index in [1.807, 2.05) is 18.0 Å². The second-order valence-electron chi connectivity index (χ2n) is 5.53. The SMILES string of the molecule is CNC(CCN1CC(O)C(O)C1)c1ccc(C)c(F)c1. The van der Waals surface area contributed by atoms with Crippen molar-refractivity contribution in [2.45, 2.75) is 31.6 Å². The van der Waals surface area contributed by atoms with Crippen LogP contribution in [-0.2, 0) is 0 Å². The van der Waals surface area contributed by atoms with Crippen LogP contribution in [0.15, 0.2) is 18.2 Å². The van der Waals surface area contributed by atoms with Gasteiger partial charge in [-0.2, -0.15) is 0 Å². The lowest BCUT2D eigenvalue weighted by Crippen LogP contribution is -2.27. The first-order valence-electron chi connectivity index (χ1n) is 7.03. The second-order valence-corrected chi connectivity index (χ2v) is 5.53. The smallest absolute Gasteiger partial charge is 0.126 e. The molecule has 0 bridgehead atoms. The Labute approximate surface area is 119 Å². The molecule has 1 aliphatic heterocycles. The molecule has 3 N–H and O–H groups in total. The van der Waals surface area contributed by atoms with Crippen LogP contribution < -0.4 is 5.32 Å². The summed E-state index contributed by atoms with van der Waals surface area (Å²) < 4.78 is 13.6. The summed E-state index contributed by atoms with van der Waals surface area (Å²) >= 11 is 0. The molecular weight excluding hydrogens is 259 g/mol. The van der Waals surface area contributed by atoms with Crippen LogP contribution in [-0.4, -0.2) is 54.0 Å².